The number of piperidine rings is 1. The fourth-order valence-corrected chi connectivity index (χ4v) is 2.55. The van der Waals surface area contributed by atoms with Crippen LogP contribution >= 0.6 is 0 Å². The molecular formula is C15H21N3O2. The van der Waals surface area contributed by atoms with Crippen molar-refractivity contribution < 1.29 is 9.59 Å². The first-order valence-corrected chi connectivity index (χ1v) is 6.98. The number of primary amides is 1. The monoisotopic (exact) mass is 275 g/mol. The van der Waals surface area contributed by atoms with Gasteiger partial charge in [0, 0.05) is 18.8 Å². The van der Waals surface area contributed by atoms with Gasteiger partial charge in [0.15, 0.2) is 0 Å². The van der Waals surface area contributed by atoms with Gasteiger partial charge in [-0.05, 0) is 30.4 Å². The van der Waals surface area contributed by atoms with E-state index >= 15 is 0 Å². The molecule has 0 spiro atoms. The number of likely N-dealkylation sites (tertiary alicyclic amines) is 1. The Balaban J connectivity index is 2.05. The molecule has 5 heteroatoms. The average Bonchev–Trinajstić information content (AvgIpc) is 2.40. The van der Waals surface area contributed by atoms with E-state index in [0.29, 0.717) is 11.6 Å². The first-order chi connectivity index (χ1) is 9.56. The molecule has 1 aromatic rings. The number of benzene rings is 1. The molecule has 5 nitrogen and oxygen atoms in total. The Morgan fingerprint density at radius 1 is 1.40 bits per heavy atom. The second kappa shape index (κ2) is 6.41. The van der Waals surface area contributed by atoms with E-state index in [1.807, 2.05) is 17.0 Å². The number of hydrogen-bond donors (Lipinski definition) is 2. The number of carbonyl (C=O) groups is 2. The van der Waals surface area contributed by atoms with Gasteiger partial charge in [-0.2, -0.15) is 0 Å². The van der Waals surface area contributed by atoms with Gasteiger partial charge in [-0.1, -0.05) is 25.1 Å². The summed E-state index contributed by atoms with van der Waals surface area (Å²) in [5.41, 5.74) is 6.63. The van der Waals surface area contributed by atoms with E-state index in [9.17, 15) is 9.59 Å². The molecule has 3 amide bonds. The highest BCUT2D eigenvalue weighted by Crippen LogP contribution is 2.19. The topological polar surface area (TPSA) is 75.4 Å². The molecular weight excluding hydrogens is 254 g/mol. The number of nitrogens with two attached hydrogens (primary N) is 1. The molecule has 0 aliphatic carbocycles. The number of nitrogens with zero attached hydrogens (tertiary/aromatic N) is 1. The fourth-order valence-electron chi connectivity index (χ4n) is 2.55. The SMILES string of the molecule is CC1CCCN(C(=O)Nc2ccccc2CC(N)=O)C1. The number of para-hydroxylation sites is 1. The highest BCUT2D eigenvalue weighted by atomic mass is 16.2. The summed E-state index contributed by atoms with van der Waals surface area (Å²) in [5, 5.41) is 2.89. The molecule has 1 unspecified atom stereocenters. The van der Waals surface area contributed by atoms with Gasteiger partial charge in [-0.25, -0.2) is 4.79 Å². The molecule has 0 saturated carbocycles. The van der Waals surface area contributed by atoms with Crippen LogP contribution in [0.2, 0.25) is 0 Å². The molecule has 0 bridgehead atoms. The van der Waals surface area contributed by atoms with Crippen molar-refractivity contribution in [1.82, 2.24) is 4.90 Å². The minimum absolute atomic E-state index is 0.103. The largest absolute Gasteiger partial charge is 0.369 e. The quantitative estimate of drug-likeness (QED) is 0.885. The van der Waals surface area contributed by atoms with Crippen molar-refractivity contribution in [2.75, 3.05) is 18.4 Å². The fraction of sp³-hybridized carbons (Fsp3) is 0.467. The Hall–Kier alpha value is -2.04. The molecule has 1 atom stereocenters. The summed E-state index contributed by atoms with van der Waals surface area (Å²) in [6.07, 6.45) is 2.34. The van der Waals surface area contributed by atoms with Crippen LogP contribution in [0.1, 0.15) is 25.3 Å². The number of urea groups is 1. The van der Waals surface area contributed by atoms with Gasteiger partial charge >= 0.3 is 6.03 Å². The number of amides is 3. The van der Waals surface area contributed by atoms with Gasteiger partial charge in [0.05, 0.1) is 6.42 Å². The summed E-state index contributed by atoms with van der Waals surface area (Å²) in [6, 6.07) is 7.16. The maximum absolute atomic E-state index is 12.2. The summed E-state index contributed by atoms with van der Waals surface area (Å²) in [7, 11) is 0. The van der Waals surface area contributed by atoms with Crippen LogP contribution in [0.25, 0.3) is 0 Å². The van der Waals surface area contributed by atoms with Crippen molar-refractivity contribution in [3.8, 4) is 0 Å². The zero-order chi connectivity index (χ0) is 14.5. The Labute approximate surface area is 119 Å². The van der Waals surface area contributed by atoms with Crippen molar-refractivity contribution in [1.29, 1.82) is 0 Å². The lowest BCUT2D eigenvalue weighted by atomic mass is 10.0. The summed E-state index contributed by atoms with van der Waals surface area (Å²) in [5.74, 6) is 0.133. The molecule has 0 radical (unpaired) electrons. The Kier molecular flexibility index (Phi) is 4.61. The number of hydrogen-bond acceptors (Lipinski definition) is 2. The Bertz CT molecular complexity index is 502. The van der Waals surface area contributed by atoms with Crippen LogP contribution in [0.5, 0.6) is 0 Å². The van der Waals surface area contributed by atoms with Gasteiger partial charge in [0.2, 0.25) is 5.91 Å². The molecule has 1 fully saturated rings. The first-order valence-electron chi connectivity index (χ1n) is 6.98. The lowest BCUT2D eigenvalue weighted by Gasteiger charge is -2.31. The number of rotatable bonds is 3. The zero-order valence-corrected chi connectivity index (χ0v) is 11.8. The normalized spacial score (nSPS) is 18.6. The van der Waals surface area contributed by atoms with Gasteiger partial charge in [-0.15, -0.1) is 0 Å². The molecule has 1 heterocycles. The van der Waals surface area contributed by atoms with Crippen LogP contribution in [0.4, 0.5) is 10.5 Å². The summed E-state index contributed by atoms with van der Waals surface area (Å²) < 4.78 is 0. The highest BCUT2D eigenvalue weighted by Gasteiger charge is 2.21. The maximum Gasteiger partial charge on any atom is 0.321 e. The van der Waals surface area contributed by atoms with E-state index in [1.165, 1.54) is 6.42 Å². The van der Waals surface area contributed by atoms with Crippen LogP contribution in [0.15, 0.2) is 24.3 Å². The van der Waals surface area contributed by atoms with Crippen molar-refractivity contribution in [3.63, 3.8) is 0 Å². The van der Waals surface area contributed by atoms with Crippen molar-refractivity contribution in [2.45, 2.75) is 26.2 Å². The van der Waals surface area contributed by atoms with E-state index in [0.717, 1.165) is 25.1 Å². The van der Waals surface area contributed by atoms with Crippen LogP contribution in [0, 0.1) is 5.92 Å². The smallest absolute Gasteiger partial charge is 0.321 e. The lowest BCUT2D eigenvalue weighted by molar-refractivity contribution is -0.117. The maximum atomic E-state index is 12.2. The minimum Gasteiger partial charge on any atom is -0.369 e. The standard InChI is InChI=1S/C15H21N3O2/c1-11-5-4-8-18(10-11)15(20)17-13-7-3-2-6-12(13)9-14(16)19/h2-3,6-7,11H,4-5,8-10H2,1H3,(H2,16,19)(H,17,20). The summed E-state index contributed by atoms with van der Waals surface area (Å²) in [6.45, 7) is 3.72. The van der Waals surface area contributed by atoms with Crippen LogP contribution in [-0.2, 0) is 11.2 Å². The second-order valence-electron chi connectivity index (χ2n) is 5.42. The minimum atomic E-state index is -0.404. The van der Waals surface area contributed by atoms with Gasteiger partial charge in [-0.3, -0.25) is 4.79 Å². The third-order valence-corrected chi connectivity index (χ3v) is 3.57. The predicted molar refractivity (Wildman–Crippen MR) is 78.3 cm³/mol. The third kappa shape index (κ3) is 3.73. The molecule has 108 valence electrons. The molecule has 2 rings (SSSR count). The Morgan fingerprint density at radius 3 is 2.85 bits per heavy atom. The van der Waals surface area contributed by atoms with Crippen LogP contribution in [-0.4, -0.2) is 29.9 Å². The van der Waals surface area contributed by atoms with Crippen LogP contribution in [0.3, 0.4) is 0 Å². The molecule has 20 heavy (non-hydrogen) atoms. The predicted octanol–water partition coefficient (Wildman–Crippen LogP) is 1.98. The molecule has 3 N–H and O–H groups in total. The molecule has 0 aromatic heterocycles. The van der Waals surface area contributed by atoms with E-state index in [1.54, 1.807) is 12.1 Å². The lowest BCUT2D eigenvalue weighted by Crippen LogP contribution is -2.41. The molecule has 1 aromatic carbocycles. The summed E-state index contributed by atoms with van der Waals surface area (Å²) in [4.78, 5) is 25.1. The van der Waals surface area contributed by atoms with Crippen molar-refractivity contribution in [2.24, 2.45) is 11.7 Å². The van der Waals surface area contributed by atoms with Gasteiger partial charge in [0.25, 0.3) is 0 Å². The molecule has 1 saturated heterocycles. The van der Waals surface area contributed by atoms with Crippen molar-refractivity contribution >= 4 is 17.6 Å². The van der Waals surface area contributed by atoms with Crippen molar-refractivity contribution in [3.05, 3.63) is 29.8 Å². The highest BCUT2D eigenvalue weighted by molar-refractivity contribution is 5.91. The second-order valence-corrected chi connectivity index (χ2v) is 5.42. The number of nitrogens with one attached hydrogen (secondary N) is 1. The van der Waals surface area contributed by atoms with E-state index in [-0.39, 0.29) is 12.5 Å². The summed E-state index contributed by atoms with van der Waals surface area (Å²) >= 11 is 0. The zero-order valence-electron chi connectivity index (χ0n) is 11.8. The van der Waals surface area contributed by atoms with Gasteiger partial charge in [0.1, 0.15) is 0 Å². The van der Waals surface area contributed by atoms with E-state index in [4.69, 9.17) is 5.73 Å². The van der Waals surface area contributed by atoms with Gasteiger partial charge < -0.3 is 16.0 Å². The Morgan fingerprint density at radius 2 is 2.15 bits per heavy atom. The third-order valence-electron chi connectivity index (χ3n) is 3.57. The van der Waals surface area contributed by atoms with E-state index in [2.05, 4.69) is 12.2 Å². The van der Waals surface area contributed by atoms with E-state index < -0.39 is 5.91 Å². The number of anilines is 1. The molecule has 1 aliphatic heterocycles. The first kappa shape index (κ1) is 14.4. The number of carbonyl (C=O) groups excluding carboxylic acids is 2. The van der Waals surface area contributed by atoms with Crippen LogP contribution < -0.4 is 11.1 Å². The molecule has 1 aliphatic rings. The average molecular weight is 275 g/mol.